The summed E-state index contributed by atoms with van der Waals surface area (Å²) >= 11 is 3.42. The number of halogens is 1. The molecule has 3 rings (SSSR count). The third-order valence-electron chi connectivity index (χ3n) is 6.05. The molecule has 202 valence electrons. The maximum Gasteiger partial charge on any atom is 0.264 e. The third-order valence-corrected chi connectivity index (χ3v) is 8.37. The normalized spacial score (nSPS) is 12.2. The molecule has 1 unspecified atom stereocenters. The lowest BCUT2D eigenvalue weighted by Gasteiger charge is -2.32. The van der Waals surface area contributed by atoms with Crippen molar-refractivity contribution in [3.8, 4) is 0 Å². The minimum absolute atomic E-state index is 0.0792. The van der Waals surface area contributed by atoms with Crippen LogP contribution in [-0.2, 0) is 26.2 Å². The first-order chi connectivity index (χ1) is 18.0. The zero-order valence-electron chi connectivity index (χ0n) is 22.1. The van der Waals surface area contributed by atoms with Gasteiger partial charge in [-0.3, -0.25) is 13.9 Å². The lowest BCUT2D eigenvalue weighted by atomic mass is 10.1. The molecule has 0 aliphatic rings. The van der Waals surface area contributed by atoms with Gasteiger partial charge < -0.3 is 10.2 Å². The Hall–Kier alpha value is -3.17. The molecule has 1 N–H and O–H groups in total. The number of nitrogens with zero attached hydrogens (tertiary/aromatic N) is 2. The van der Waals surface area contributed by atoms with E-state index < -0.39 is 28.5 Å². The quantitative estimate of drug-likeness (QED) is 0.330. The van der Waals surface area contributed by atoms with Gasteiger partial charge >= 0.3 is 0 Å². The average molecular weight is 601 g/mol. The Bertz CT molecular complexity index is 1330. The Morgan fingerprint density at radius 2 is 1.50 bits per heavy atom. The standard InChI is InChI=1S/C29H34BrN3O4S/c1-21(2)18-31-29(35)23(4)32(19-24-12-14-25(30)15-13-24)28(34)20-33(26-16-10-22(3)11-17-26)38(36,37)27-8-6-5-7-9-27/h5-17,21,23H,18-20H2,1-4H3,(H,31,35). The van der Waals surface area contributed by atoms with Crippen LogP contribution in [0.15, 0.2) is 88.2 Å². The van der Waals surface area contributed by atoms with Gasteiger partial charge in [0.25, 0.3) is 10.0 Å². The van der Waals surface area contributed by atoms with E-state index in [2.05, 4.69) is 21.2 Å². The van der Waals surface area contributed by atoms with E-state index in [1.165, 1.54) is 17.0 Å². The van der Waals surface area contributed by atoms with E-state index in [9.17, 15) is 18.0 Å². The van der Waals surface area contributed by atoms with Gasteiger partial charge in [-0.1, -0.05) is 77.8 Å². The topological polar surface area (TPSA) is 86.8 Å². The zero-order valence-corrected chi connectivity index (χ0v) is 24.5. The maximum absolute atomic E-state index is 13.9. The summed E-state index contributed by atoms with van der Waals surface area (Å²) in [7, 11) is -4.06. The van der Waals surface area contributed by atoms with E-state index in [0.717, 1.165) is 19.9 Å². The number of carbonyl (C=O) groups is 2. The molecule has 3 aromatic carbocycles. The number of nitrogens with one attached hydrogen (secondary N) is 1. The molecule has 0 saturated carbocycles. The molecule has 2 amide bonds. The molecule has 0 heterocycles. The maximum atomic E-state index is 13.9. The summed E-state index contributed by atoms with van der Waals surface area (Å²) in [5.74, 6) is -0.535. The van der Waals surface area contributed by atoms with Gasteiger partial charge in [-0.25, -0.2) is 8.42 Å². The predicted octanol–water partition coefficient (Wildman–Crippen LogP) is 5.14. The highest BCUT2D eigenvalue weighted by molar-refractivity contribution is 9.10. The van der Waals surface area contributed by atoms with E-state index in [-0.39, 0.29) is 23.3 Å². The van der Waals surface area contributed by atoms with Crippen molar-refractivity contribution in [3.05, 3.63) is 94.5 Å². The zero-order chi connectivity index (χ0) is 27.9. The molecule has 3 aromatic rings. The summed E-state index contributed by atoms with van der Waals surface area (Å²) in [5, 5.41) is 2.89. The lowest BCUT2D eigenvalue weighted by Crippen LogP contribution is -2.51. The Morgan fingerprint density at radius 3 is 2.08 bits per heavy atom. The summed E-state index contributed by atoms with van der Waals surface area (Å²) < 4.78 is 29.4. The summed E-state index contributed by atoms with van der Waals surface area (Å²) in [6.45, 7) is 7.71. The van der Waals surface area contributed by atoms with Crippen LogP contribution in [0.5, 0.6) is 0 Å². The van der Waals surface area contributed by atoms with Gasteiger partial charge in [-0.2, -0.15) is 0 Å². The van der Waals surface area contributed by atoms with Crippen molar-refractivity contribution in [2.45, 2.75) is 45.2 Å². The minimum atomic E-state index is -4.06. The number of aryl methyl sites for hydroxylation is 1. The fourth-order valence-corrected chi connectivity index (χ4v) is 5.48. The molecule has 0 spiro atoms. The molecular formula is C29H34BrN3O4S. The highest BCUT2D eigenvalue weighted by atomic mass is 79.9. The molecule has 0 aliphatic heterocycles. The number of benzene rings is 3. The first kappa shape index (κ1) is 29.4. The molecule has 1 atom stereocenters. The van der Waals surface area contributed by atoms with Gasteiger partial charge in [0.15, 0.2) is 0 Å². The number of hydrogen-bond acceptors (Lipinski definition) is 4. The minimum Gasteiger partial charge on any atom is -0.354 e. The molecule has 38 heavy (non-hydrogen) atoms. The van der Waals surface area contributed by atoms with Crippen LogP contribution in [0, 0.1) is 12.8 Å². The van der Waals surface area contributed by atoms with Crippen LogP contribution in [0.1, 0.15) is 31.9 Å². The van der Waals surface area contributed by atoms with Crippen molar-refractivity contribution >= 4 is 43.5 Å². The van der Waals surface area contributed by atoms with Crippen molar-refractivity contribution < 1.29 is 18.0 Å². The second-order valence-electron chi connectivity index (χ2n) is 9.62. The van der Waals surface area contributed by atoms with E-state index in [1.807, 2.05) is 45.0 Å². The van der Waals surface area contributed by atoms with Crippen molar-refractivity contribution in [3.63, 3.8) is 0 Å². The van der Waals surface area contributed by atoms with E-state index >= 15 is 0 Å². The highest BCUT2D eigenvalue weighted by Gasteiger charge is 2.32. The molecule has 0 bridgehead atoms. The highest BCUT2D eigenvalue weighted by Crippen LogP contribution is 2.25. The van der Waals surface area contributed by atoms with Gasteiger partial charge in [0.1, 0.15) is 12.6 Å². The predicted molar refractivity (Wildman–Crippen MR) is 154 cm³/mol. The van der Waals surface area contributed by atoms with Gasteiger partial charge in [0.05, 0.1) is 10.6 Å². The number of hydrogen-bond donors (Lipinski definition) is 1. The number of amides is 2. The van der Waals surface area contributed by atoms with Crippen LogP contribution < -0.4 is 9.62 Å². The van der Waals surface area contributed by atoms with E-state index in [1.54, 1.807) is 49.4 Å². The molecule has 0 saturated heterocycles. The van der Waals surface area contributed by atoms with Crippen LogP contribution in [0.4, 0.5) is 5.69 Å². The average Bonchev–Trinajstić information content (AvgIpc) is 2.90. The largest absolute Gasteiger partial charge is 0.354 e. The van der Waals surface area contributed by atoms with Crippen molar-refractivity contribution in [1.29, 1.82) is 0 Å². The van der Waals surface area contributed by atoms with Crippen LogP contribution in [0.25, 0.3) is 0 Å². The molecule has 0 fully saturated rings. The van der Waals surface area contributed by atoms with Crippen molar-refractivity contribution in [2.24, 2.45) is 5.92 Å². The Kier molecular flexibility index (Phi) is 10.1. The molecular weight excluding hydrogens is 566 g/mol. The fourth-order valence-electron chi connectivity index (χ4n) is 3.78. The molecule has 0 radical (unpaired) electrons. The number of rotatable bonds is 11. The first-order valence-corrected chi connectivity index (χ1v) is 14.7. The summed E-state index contributed by atoms with van der Waals surface area (Å²) in [6, 6.07) is 21.6. The Morgan fingerprint density at radius 1 is 0.895 bits per heavy atom. The van der Waals surface area contributed by atoms with E-state index in [4.69, 9.17) is 0 Å². The SMILES string of the molecule is Cc1ccc(N(CC(=O)N(Cc2ccc(Br)cc2)C(C)C(=O)NCC(C)C)S(=O)(=O)c2ccccc2)cc1. The van der Waals surface area contributed by atoms with Gasteiger partial charge in [-0.05, 0) is 61.7 Å². The van der Waals surface area contributed by atoms with Crippen molar-refractivity contribution in [2.75, 3.05) is 17.4 Å². The molecule has 0 aromatic heterocycles. The third kappa shape index (κ3) is 7.68. The number of anilines is 1. The van der Waals surface area contributed by atoms with Gasteiger partial charge in [0, 0.05) is 17.6 Å². The van der Waals surface area contributed by atoms with Gasteiger partial charge in [-0.15, -0.1) is 0 Å². The molecule has 0 aliphatic carbocycles. The van der Waals surface area contributed by atoms with Crippen LogP contribution in [0.2, 0.25) is 0 Å². The van der Waals surface area contributed by atoms with Crippen LogP contribution in [-0.4, -0.2) is 44.3 Å². The summed E-state index contributed by atoms with van der Waals surface area (Å²) in [6.07, 6.45) is 0. The van der Waals surface area contributed by atoms with Crippen LogP contribution in [0.3, 0.4) is 0 Å². The lowest BCUT2D eigenvalue weighted by molar-refractivity contribution is -0.139. The molecule has 9 heteroatoms. The Labute approximate surface area is 234 Å². The fraction of sp³-hybridized carbons (Fsp3) is 0.310. The smallest absolute Gasteiger partial charge is 0.264 e. The summed E-state index contributed by atoms with van der Waals surface area (Å²) in [4.78, 5) is 28.4. The molecule has 7 nitrogen and oxygen atoms in total. The van der Waals surface area contributed by atoms with Crippen molar-refractivity contribution in [1.82, 2.24) is 10.2 Å². The number of carbonyl (C=O) groups excluding carboxylic acids is 2. The summed E-state index contributed by atoms with van der Waals surface area (Å²) in [5.41, 5.74) is 2.15. The van der Waals surface area contributed by atoms with Crippen LogP contribution >= 0.6 is 15.9 Å². The van der Waals surface area contributed by atoms with E-state index in [0.29, 0.717) is 12.2 Å². The monoisotopic (exact) mass is 599 g/mol. The van der Waals surface area contributed by atoms with Gasteiger partial charge in [0.2, 0.25) is 11.8 Å². The second kappa shape index (κ2) is 13.1. The first-order valence-electron chi connectivity index (χ1n) is 12.4. The second-order valence-corrected chi connectivity index (χ2v) is 12.4. The number of sulfonamides is 1. The Balaban J connectivity index is 1.98.